The van der Waals surface area contributed by atoms with Crippen molar-refractivity contribution in [3.63, 3.8) is 0 Å². The van der Waals surface area contributed by atoms with Crippen molar-refractivity contribution in [2.45, 2.75) is 53.0 Å². The fourth-order valence-electron chi connectivity index (χ4n) is 2.09. The number of aryl methyl sites for hydroxylation is 3. The van der Waals surface area contributed by atoms with E-state index in [9.17, 15) is 0 Å². The average molecular weight is 219 g/mol. The van der Waals surface area contributed by atoms with Crippen molar-refractivity contribution in [2.75, 3.05) is 0 Å². The summed E-state index contributed by atoms with van der Waals surface area (Å²) in [5.74, 6) is 0.597. The van der Waals surface area contributed by atoms with Crippen molar-refractivity contribution >= 4 is 0 Å². The monoisotopic (exact) mass is 219 g/mol. The molecule has 0 heterocycles. The summed E-state index contributed by atoms with van der Waals surface area (Å²) in [6, 6.07) is 7.15. The predicted octanol–water partition coefficient (Wildman–Crippen LogP) is 3.61. The number of rotatable bonds is 5. The molecule has 1 atom stereocenters. The molecule has 16 heavy (non-hydrogen) atoms. The van der Waals surface area contributed by atoms with Crippen molar-refractivity contribution < 1.29 is 0 Å². The molecule has 0 aromatic heterocycles. The Morgan fingerprint density at radius 3 is 2.12 bits per heavy atom. The summed E-state index contributed by atoms with van der Waals surface area (Å²) in [4.78, 5) is 0. The molecule has 1 nitrogen and oxygen atoms in total. The van der Waals surface area contributed by atoms with Crippen molar-refractivity contribution in [2.24, 2.45) is 11.7 Å². The maximum Gasteiger partial charge on any atom is 0.00620 e. The molecule has 1 rings (SSSR count). The van der Waals surface area contributed by atoms with Gasteiger partial charge in [-0.25, -0.2) is 0 Å². The van der Waals surface area contributed by atoms with Crippen molar-refractivity contribution in [3.8, 4) is 0 Å². The fourth-order valence-corrected chi connectivity index (χ4v) is 2.09. The summed E-state index contributed by atoms with van der Waals surface area (Å²) in [5.41, 5.74) is 10.2. The Kier molecular flexibility index (Phi) is 5.01. The lowest BCUT2D eigenvalue weighted by molar-refractivity contribution is 0.452. The Labute approximate surface area is 100 Å². The molecule has 0 saturated heterocycles. The lowest BCUT2D eigenvalue weighted by Gasteiger charge is -2.15. The Morgan fingerprint density at radius 1 is 1.06 bits per heavy atom. The number of nitrogens with two attached hydrogens (primary N) is 1. The Hall–Kier alpha value is -0.820. The van der Waals surface area contributed by atoms with Gasteiger partial charge in [0.25, 0.3) is 0 Å². The van der Waals surface area contributed by atoms with Gasteiger partial charge in [-0.05, 0) is 44.6 Å². The molecule has 0 radical (unpaired) electrons. The third-order valence-electron chi connectivity index (χ3n) is 3.14. The summed E-state index contributed by atoms with van der Waals surface area (Å²) in [6.07, 6.45) is 3.48. The molecule has 0 spiro atoms. The van der Waals surface area contributed by atoms with E-state index in [1.807, 2.05) is 0 Å². The van der Waals surface area contributed by atoms with Gasteiger partial charge in [-0.15, -0.1) is 0 Å². The first kappa shape index (κ1) is 13.2. The highest BCUT2D eigenvalue weighted by Crippen LogP contribution is 2.13. The molecule has 1 aromatic rings. The molecule has 1 heteroatoms. The van der Waals surface area contributed by atoms with Gasteiger partial charge in [-0.1, -0.05) is 43.2 Å². The first-order chi connectivity index (χ1) is 7.49. The van der Waals surface area contributed by atoms with E-state index in [1.54, 1.807) is 0 Å². The summed E-state index contributed by atoms with van der Waals surface area (Å²) >= 11 is 0. The van der Waals surface area contributed by atoms with Crippen LogP contribution in [0.1, 0.15) is 43.4 Å². The summed E-state index contributed by atoms with van der Waals surface area (Å²) in [7, 11) is 0. The summed E-state index contributed by atoms with van der Waals surface area (Å²) < 4.78 is 0. The minimum Gasteiger partial charge on any atom is -0.327 e. The molecule has 0 saturated carbocycles. The standard InChI is InChI=1S/C15H25N/c1-11(2)15(16)7-5-6-14-9-12(3)8-13(4)10-14/h8-11,15H,5-7,16H2,1-4H3. The van der Waals surface area contributed by atoms with Gasteiger partial charge in [0, 0.05) is 6.04 Å². The van der Waals surface area contributed by atoms with Crippen LogP contribution < -0.4 is 5.73 Å². The van der Waals surface area contributed by atoms with E-state index in [0.717, 1.165) is 12.8 Å². The Morgan fingerprint density at radius 2 is 1.62 bits per heavy atom. The summed E-state index contributed by atoms with van der Waals surface area (Å²) in [5, 5.41) is 0. The topological polar surface area (TPSA) is 26.0 Å². The maximum atomic E-state index is 6.04. The van der Waals surface area contributed by atoms with E-state index in [0.29, 0.717) is 12.0 Å². The van der Waals surface area contributed by atoms with E-state index in [4.69, 9.17) is 5.73 Å². The largest absolute Gasteiger partial charge is 0.327 e. The molecule has 2 N–H and O–H groups in total. The second-order valence-corrected chi connectivity index (χ2v) is 5.30. The minimum atomic E-state index is 0.353. The molecule has 0 fully saturated rings. The molecule has 0 aliphatic carbocycles. The highest BCUT2D eigenvalue weighted by atomic mass is 14.6. The van der Waals surface area contributed by atoms with Crippen LogP contribution >= 0.6 is 0 Å². The molecular formula is C15H25N. The van der Waals surface area contributed by atoms with E-state index in [1.165, 1.54) is 23.1 Å². The molecule has 1 aromatic carbocycles. The third kappa shape index (κ3) is 4.36. The van der Waals surface area contributed by atoms with Gasteiger partial charge < -0.3 is 5.73 Å². The van der Waals surface area contributed by atoms with Crippen molar-refractivity contribution in [1.82, 2.24) is 0 Å². The maximum absolute atomic E-state index is 6.04. The van der Waals surface area contributed by atoms with Crippen LogP contribution in [0.5, 0.6) is 0 Å². The first-order valence-electron chi connectivity index (χ1n) is 6.32. The van der Waals surface area contributed by atoms with E-state index in [-0.39, 0.29) is 0 Å². The zero-order valence-corrected chi connectivity index (χ0v) is 11.1. The number of hydrogen-bond acceptors (Lipinski definition) is 1. The molecular weight excluding hydrogens is 194 g/mol. The molecule has 0 aliphatic heterocycles. The second-order valence-electron chi connectivity index (χ2n) is 5.30. The minimum absolute atomic E-state index is 0.353. The van der Waals surface area contributed by atoms with Crippen molar-refractivity contribution in [3.05, 3.63) is 34.9 Å². The van der Waals surface area contributed by atoms with Crippen LogP contribution in [0.15, 0.2) is 18.2 Å². The van der Waals surface area contributed by atoms with Crippen LogP contribution in [0.4, 0.5) is 0 Å². The van der Waals surface area contributed by atoms with Gasteiger partial charge >= 0.3 is 0 Å². The SMILES string of the molecule is Cc1cc(C)cc(CCCC(N)C(C)C)c1. The van der Waals surface area contributed by atoms with E-state index in [2.05, 4.69) is 45.9 Å². The Balaban J connectivity index is 2.43. The van der Waals surface area contributed by atoms with Crippen LogP contribution in [0.3, 0.4) is 0 Å². The molecule has 90 valence electrons. The zero-order chi connectivity index (χ0) is 12.1. The second kappa shape index (κ2) is 6.05. The van der Waals surface area contributed by atoms with Gasteiger partial charge in [0.1, 0.15) is 0 Å². The smallest absolute Gasteiger partial charge is 0.00620 e. The van der Waals surface area contributed by atoms with Crippen LogP contribution in [0.2, 0.25) is 0 Å². The highest BCUT2D eigenvalue weighted by Gasteiger charge is 2.06. The third-order valence-corrected chi connectivity index (χ3v) is 3.14. The fraction of sp³-hybridized carbons (Fsp3) is 0.600. The summed E-state index contributed by atoms with van der Waals surface area (Å²) in [6.45, 7) is 8.72. The highest BCUT2D eigenvalue weighted by molar-refractivity contribution is 5.28. The number of hydrogen-bond donors (Lipinski definition) is 1. The van der Waals surface area contributed by atoms with E-state index < -0.39 is 0 Å². The van der Waals surface area contributed by atoms with Gasteiger partial charge in [-0.3, -0.25) is 0 Å². The molecule has 0 amide bonds. The average Bonchev–Trinajstić information content (AvgIpc) is 2.15. The lowest BCUT2D eigenvalue weighted by atomic mass is 9.96. The zero-order valence-electron chi connectivity index (χ0n) is 11.1. The lowest BCUT2D eigenvalue weighted by Crippen LogP contribution is -2.26. The van der Waals surface area contributed by atoms with Crippen LogP contribution in [0, 0.1) is 19.8 Å². The van der Waals surface area contributed by atoms with Crippen LogP contribution in [-0.2, 0) is 6.42 Å². The van der Waals surface area contributed by atoms with Crippen LogP contribution in [0.25, 0.3) is 0 Å². The molecule has 0 aliphatic rings. The van der Waals surface area contributed by atoms with Crippen molar-refractivity contribution in [1.29, 1.82) is 0 Å². The normalized spacial score (nSPS) is 13.1. The quantitative estimate of drug-likeness (QED) is 0.804. The number of benzene rings is 1. The molecule has 1 unspecified atom stereocenters. The van der Waals surface area contributed by atoms with Crippen LogP contribution in [-0.4, -0.2) is 6.04 Å². The van der Waals surface area contributed by atoms with Gasteiger partial charge in [0.2, 0.25) is 0 Å². The predicted molar refractivity (Wildman–Crippen MR) is 71.7 cm³/mol. The first-order valence-corrected chi connectivity index (χ1v) is 6.32. The molecule has 0 bridgehead atoms. The Bertz CT molecular complexity index is 308. The van der Waals surface area contributed by atoms with Gasteiger partial charge in [0.05, 0.1) is 0 Å². The van der Waals surface area contributed by atoms with E-state index >= 15 is 0 Å². The van der Waals surface area contributed by atoms with Gasteiger partial charge in [-0.2, -0.15) is 0 Å². The van der Waals surface area contributed by atoms with Gasteiger partial charge in [0.15, 0.2) is 0 Å².